The maximum atomic E-state index is 12.5. The van der Waals surface area contributed by atoms with Crippen molar-refractivity contribution in [3.05, 3.63) is 46.4 Å². The predicted octanol–water partition coefficient (Wildman–Crippen LogP) is 3.55. The summed E-state index contributed by atoms with van der Waals surface area (Å²) in [5, 5.41) is 3.20. The molecule has 3 rings (SSSR count). The van der Waals surface area contributed by atoms with Gasteiger partial charge in [0.2, 0.25) is 5.91 Å². The van der Waals surface area contributed by atoms with Gasteiger partial charge in [0.25, 0.3) is 5.91 Å². The van der Waals surface area contributed by atoms with Crippen molar-refractivity contribution >= 4 is 52.4 Å². The molecule has 0 saturated carbocycles. The third-order valence-corrected chi connectivity index (χ3v) is 5.42. The van der Waals surface area contributed by atoms with Crippen LogP contribution < -0.4 is 19.7 Å². The first-order chi connectivity index (χ1) is 14.8. The first-order valence-corrected chi connectivity index (χ1v) is 10.0. The maximum absolute atomic E-state index is 12.5. The molecule has 2 aromatic rings. The molecule has 2 amide bonds. The van der Waals surface area contributed by atoms with Gasteiger partial charge in [-0.05, 0) is 30.3 Å². The summed E-state index contributed by atoms with van der Waals surface area (Å²) in [6, 6.07) is 9.64. The Morgan fingerprint density at radius 3 is 2.55 bits per heavy atom. The Labute approximate surface area is 189 Å². The summed E-state index contributed by atoms with van der Waals surface area (Å²) in [6.07, 6.45) is -0.0254. The van der Waals surface area contributed by atoms with E-state index >= 15 is 0 Å². The molecule has 1 saturated heterocycles. The van der Waals surface area contributed by atoms with Crippen LogP contribution in [-0.4, -0.2) is 45.2 Å². The van der Waals surface area contributed by atoms with Crippen molar-refractivity contribution in [1.82, 2.24) is 0 Å². The topological polar surface area (TPSA) is 94.2 Å². The molecule has 0 radical (unpaired) electrons. The molecule has 0 spiro atoms. The zero-order valence-electron chi connectivity index (χ0n) is 16.8. The molecule has 0 aliphatic carbocycles. The van der Waals surface area contributed by atoms with Gasteiger partial charge >= 0.3 is 5.97 Å². The Hall–Kier alpha value is -2.97. The lowest BCUT2D eigenvalue weighted by Gasteiger charge is -2.20. The van der Waals surface area contributed by atoms with Crippen LogP contribution in [0.4, 0.5) is 11.4 Å². The minimum Gasteiger partial charge on any atom is -0.497 e. The summed E-state index contributed by atoms with van der Waals surface area (Å²) in [5.74, 6) is -1.08. The first-order valence-electron chi connectivity index (χ1n) is 9.26. The number of halogens is 2. The highest BCUT2D eigenvalue weighted by Gasteiger charge is 2.37. The summed E-state index contributed by atoms with van der Waals surface area (Å²) in [7, 11) is 3.01. The molecule has 1 aliphatic heterocycles. The molecule has 164 valence electrons. The first kappa shape index (κ1) is 22.7. The van der Waals surface area contributed by atoms with Crippen molar-refractivity contribution in [2.75, 3.05) is 37.6 Å². The third kappa shape index (κ3) is 5.39. The van der Waals surface area contributed by atoms with E-state index in [0.717, 1.165) is 0 Å². The molecule has 31 heavy (non-hydrogen) atoms. The minimum atomic E-state index is -0.697. The number of methoxy groups -OCH3 is 2. The minimum absolute atomic E-state index is 0.0254. The normalized spacial score (nSPS) is 15.5. The fraction of sp³-hybridized carbons (Fsp3) is 0.286. The molecule has 2 aromatic carbocycles. The molecule has 1 heterocycles. The Morgan fingerprint density at radius 2 is 1.87 bits per heavy atom. The van der Waals surface area contributed by atoms with Gasteiger partial charge in [0.15, 0.2) is 6.61 Å². The Kier molecular flexibility index (Phi) is 7.25. The molecule has 1 aliphatic rings. The quantitative estimate of drug-likeness (QED) is 0.627. The van der Waals surface area contributed by atoms with Gasteiger partial charge in [0.05, 0.1) is 35.9 Å². The number of esters is 1. The van der Waals surface area contributed by atoms with Crippen LogP contribution >= 0.6 is 23.2 Å². The average Bonchev–Trinajstić information content (AvgIpc) is 3.15. The predicted molar refractivity (Wildman–Crippen MR) is 116 cm³/mol. The molecule has 0 bridgehead atoms. The van der Waals surface area contributed by atoms with E-state index in [1.165, 1.54) is 31.3 Å². The number of amides is 2. The number of nitrogens with zero attached hydrogens (tertiary/aromatic N) is 1. The number of carbonyl (C=O) groups is 3. The van der Waals surface area contributed by atoms with Crippen LogP contribution in [-0.2, 0) is 19.1 Å². The van der Waals surface area contributed by atoms with Gasteiger partial charge < -0.3 is 24.4 Å². The largest absolute Gasteiger partial charge is 0.497 e. The van der Waals surface area contributed by atoms with E-state index in [-0.39, 0.29) is 23.9 Å². The van der Waals surface area contributed by atoms with Crippen LogP contribution in [0.15, 0.2) is 36.4 Å². The van der Waals surface area contributed by atoms with Crippen molar-refractivity contribution in [2.24, 2.45) is 5.92 Å². The standard InChI is InChI=1S/C21H20Cl2N2O6/c1-29-14-4-6-17(18(9-14)30-2)25-10-12(7-20(25)27)21(28)31-11-19(26)24-13-3-5-15(22)16(23)8-13/h3-6,8-9,12H,7,10-11H2,1-2H3,(H,24,26)/t12-/m0/s1. The second kappa shape index (κ2) is 9.89. The average molecular weight is 467 g/mol. The fourth-order valence-corrected chi connectivity index (χ4v) is 3.43. The monoisotopic (exact) mass is 466 g/mol. The van der Waals surface area contributed by atoms with E-state index in [0.29, 0.717) is 27.9 Å². The lowest BCUT2D eigenvalue weighted by molar-refractivity contribution is -0.151. The van der Waals surface area contributed by atoms with E-state index < -0.39 is 24.4 Å². The lowest BCUT2D eigenvalue weighted by atomic mass is 10.1. The van der Waals surface area contributed by atoms with Gasteiger partial charge in [-0.1, -0.05) is 23.2 Å². The molecule has 0 unspecified atom stereocenters. The number of rotatable bonds is 7. The van der Waals surface area contributed by atoms with Gasteiger partial charge in [-0.15, -0.1) is 0 Å². The Morgan fingerprint density at radius 1 is 1.10 bits per heavy atom. The van der Waals surface area contributed by atoms with Crippen LogP contribution in [0, 0.1) is 5.92 Å². The van der Waals surface area contributed by atoms with Gasteiger partial charge in [-0.3, -0.25) is 14.4 Å². The summed E-state index contributed by atoms with van der Waals surface area (Å²) in [6.45, 7) is -0.371. The zero-order valence-corrected chi connectivity index (χ0v) is 18.3. The van der Waals surface area contributed by atoms with Gasteiger partial charge in [-0.25, -0.2) is 0 Å². The molecule has 8 nitrogen and oxygen atoms in total. The number of benzene rings is 2. The van der Waals surface area contributed by atoms with Crippen LogP contribution in [0.2, 0.25) is 10.0 Å². The molecule has 10 heteroatoms. The van der Waals surface area contributed by atoms with E-state index in [2.05, 4.69) is 5.32 Å². The van der Waals surface area contributed by atoms with E-state index in [4.69, 9.17) is 37.4 Å². The van der Waals surface area contributed by atoms with Crippen molar-refractivity contribution in [3.63, 3.8) is 0 Å². The summed E-state index contributed by atoms with van der Waals surface area (Å²) >= 11 is 11.7. The van der Waals surface area contributed by atoms with Crippen molar-refractivity contribution in [1.29, 1.82) is 0 Å². The molecule has 0 aromatic heterocycles. The van der Waals surface area contributed by atoms with Crippen LogP contribution in [0.3, 0.4) is 0 Å². The molecule has 1 atom stereocenters. The SMILES string of the molecule is COc1ccc(N2C[C@@H](C(=O)OCC(=O)Nc3ccc(Cl)c(Cl)c3)CC2=O)c(OC)c1. The molecular formula is C21H20Cl2N2O6. The summed E-state index contributed by atoms with van der Waals surface area (Å²) in [5.41, 5.74) is 0.949. The number of anilines is 2. The van der Waals surface area contributed by atoms with Gasteiger partial charge in [0, 0.05) is 24.7 Å². The van der Waals surface area contributed by atoms with Gasteiger partial charge in [-0.2, -0.15) is 0 Å². The maximum Gasteiger partial charge on any atom is 0.311 e. The second-order valence-corrected chi connectivity index (χ2v) is 7.54. The van der Waals surface area contributed by atoms with Crippen LogP contribution in [0.25, 0.3) is 0 Å². The lowest BCUT2D eigenvalue weighted by Crippen LogP contribution is -2.28. The number of hydrogen-bond donors (Lipinski definition) is 1. The van der Waals surface area contributed by atoms with Gasteiger partial charge in [0.1, 0.15) is 11.5 Å². The Balaban J connectivity index is 1.58. The molecule has 1 N–H and O–H groups in total. The fourth-order valence-electron chi connectivity index (χ4n) is 3.13. The third-order valence-electron chi connectivity index (χ3n) is 4.68. The number of nitrogens with one attached hydrogen (secondary N) is 1. The highest BCUT2D eigenvalue weighted by atomic mass is 35.5. The number of carbonyl (C=O) groups excluding carboxylic acids is 3. The smallest absolute Gasteiger partial charge is 0.311 e. The second-order valence-electron chi connectivity index (χ2n) is 6.73. The van der Waals surface area contributed by atoms with Crippen LogP contribution in [0.5, 0.6) is 11.5 Å². The van der Waals surface area contributed by atoms with Crippen molar-refractivity contribution in [3.8, 4) is 11.5 Å². The summed E-state index contributed by atoms with van der Waals surface area (Å²) in [4.78, 5) is 38.4. The number of ether oxygens (including phenoxy) is 3. The van der Waals surface area contributed by atoms with Crippen molar-refractivity contribution < 1.29 is 28.6 Å². The molecule has 1 fully saturated rings. The van der Waals surface area contributed by atoms with Crippen LogP contribution in [0.1, 0.15) is 6.42 Å². The van der Waals surface area contributed by atoms with E-state index in [1.54, 1.807) is 24.3 Å². The Bertz CT molecular complexity index is 1010. The zero-order chi connectivity index (χ0) is 22.5. The van der Waals surface area contributed by atoms with E-state index in [9.17, 15) is 14.4 Å². The summed E-state index contributed by atoms with van der Waals surface area (Å²) < 4.78 is 15.6. The molecular weight excluding hydrogens is 447 g/mol. The van der Waals surface area contributed by atoms with E-state index in [1.807, 2.05) is 0 Å². The highest BCUT2D eigenvalue weighted by molar-refractivity contribution is 6.42. The number of hydrogen-bond acceptors (Lipinski definition) is 6. The van der Waals surface area contributed by atoms with Crippen molar-refractivity contribution in [2.45, 2.75) is 6.42 Å². The highest BCUT2D eigenvalue weighted by Crippen LogP contribution is 2.36.